The van der Waals surface area contributed by atoms with E-state index in [9.17, 15) is 9.59 Å². The van der Waals surface area contributed by atoms with Crippen LogP contribution in [0.1, 0.15) is 46.5 Å². The van der Waals surface area contributed by atoms with Gasteiger partial charge in [0.1, 0.15) is 5.75 Å². The molecule has 0 radical (unpaired) electrons. The molecule has 3 aromatic rings. The van der Waals surface area contributed by atoms with Gasteiger partial charge in [0.2, 0.25) is 0 Å². The quantitative estimate of drug-likeness (QED) is 0.381. The smallest absolute Gasteiger partial charge is 0.257 e. The van der Waals surface area contributed by atoms with Gasteiger partial charge in [0.25, 0.3) is 11.8 Å². The number of hydrogen-bond acceptors (Lipinski definition) is 4. The lowest BCUT2D eigenvalue weighted by molar-refractivity contribution is 0.0937. The third-order valence-corrected chi connectivity index (χ3v) is 5.42. The van der Waals surface area contributed by atoms with Crippen molar-refractivity contribution in [3.63, 3.8) is 0 Å². The third kappa shape index (κ3) is 7.71. The summed E-state index contributed by atoms with van der Waals surface area (Å²) in [6.07, 6.45) is 1.66. The Kier molecular flexibility index (Phi) is 9.17. The molecular formula is C27H29N3O3S. The number of amides is 2. The van der Waals surface area contributed by atoms with E-state index in [-0.39, 0.29) is 23.0 Å². The van der Waals surface area contributed by atoms with E-state index in [0.29, 0.717) is 29.2 Å². The van der Waals surface area contributed by atoms with Crippen molar-refractivity contribution < 1.29 is 14.3 Å². The predicted octanol–water partition coefficient (Wildman–Crippen LogP) is 4.96. The highest BCUT2D eigenvalue weighted by Gasteiger charge is 2.11. The number of carbonyl (C=O) groups is 2. The van der Waals surface area contributed by atoms with Crippen LogP contribution in [0.2, 0.25) is 0 Å². The lowest BCUT2D eigenvalue weighted by Crippen LogP contribution is -2.34. The normalized spacial score (nSPS) is 11.2. The zero-order valence-corrected chi connectivity index (χ0v) is 20.2. The fraction of sp³-hybridized carbons (Fsp3) is 0.222. The van der Waals surface area contributed by atoms with E-state index in [1.54, 1.807) is 48.5 Å². The molecule has 1 atom stereocenters. The summed E-state index contributed by atoms with van der Waals surface area (Å²) in [4.78, 5) is 24.9. The van der Waals surface area contributed by atoms with E-state index in [4.69, 9.17) is 17.0 Å². The topological polar surface area (TPSA) is 79.5 Å². The van der Waals surface area contributed by atoms with Gasteiger partial charge in [-0.15, -0.1) is 0 Å². The second-order valence-corrected chi connectivity index (χ2v) is 8.29. The highest BCUT2D eigenvalue weighted by molar-refractivity contribution is 7.80. The largest absolute Gasteiger partial charge is 0.493 e. The monoisotopic (exact) mass is 475 g/mol. The van der Waals surface area contributed by atoms with Crippen LogP contribution in [0.4, 0.5) is 5.69 Å². The molecule has 0 saturated heterocycles. The van der Waals surface area contributed by atoms with Crippen LogP contribution in [0.3, 0.4) is 0 Å². The van der Waals surface area contributed by atoms with Crippen molar-refractivity contribution in [3.05, 3.63) is 95.6 Å². The number of rotatable bonds is 9. The second kappa shape index (κ2) is 12.5. The van der Waals surface area contributed by atoms with Gasteiger partial charge in [0.15, 0.2) is 5.11 Å². The summed E-state index contributed by atoms with van der Waals surface area (Å²) < 4.78 is 5.76. The van der Waals surface area contributed by atoms with Crippen LogP contribution >= 0.6 is 12.2 Å². The van der Waals surface area contributed by atoms with Crippen molar-refractivity contribution in [3.8, 4) is 5.75 Å². The predicted molar refractivity (Wildman–Crippen MR) is 139 cm³/mol. The van der Waals surface area contributed by atoms with Gasteiger partial charge >= 0.3 is 0 Å². The van der Waals surface area contributed by atoms with Crippen LogP contribution in [-0.4, -0.2) is 29.6 Å². The van der Waals surface area contributed by atoms with E-state index in [0.717, 1.165) is 12.8 Å². The minimum absolute atomic E-state index is 0.0881. The van der Waals surface area contributed by atoms with Gasteiger partial charge in [-0.1, -0.05) is 43.3 Å². The summed E-state index contributed by atoms with van der Waals surface area (Å²) in [7, 11) is 0. The van der Waals surface area contributed by atoms with E-state index < -0.39 is 0 Å². The molecule has 3 aromatic carbocycles. The van der Waals surface area contributed by atoms with E-state index in [1.165, 1.54) is 5.56 Å². The summed E-state index contributed by atoms with van der Waals surface area (Å²) in [5, 5.41) is 8.69. The Labute approximate surface area is 205 Å². The molecule has 0 fully saturated rings. The summed E-state index contributed by atoms with van der Waals surface area (Å²) in [5.41, 5.74) is 2.80. The number of thiocarbonyl (C=S) groups is 1. The maximum Gasteiger partial charge on any atom is 0.257 e. The van der Waals surface area contributed by atoms with Crippen molar-refractivity contribution in [2.45, 2.75) is 32.7 Å². The van der Waals surface area contributed by atoms with E-state index in [1.807, 2.05) is 32.0 Å². The Bertz CT molecular complexity index is 1120. The second-order valence-electron chi connectivity index (χ2n) is 7.88. The molecule has 0 saturated carbocycles. The van der Waals surface area contributed by atoms with Gasteiger partial charge in [-0.25, -0.2) is 0 Å². The van der Waals surface area contributed by atoms with Crippen molar-refractivity contribution in [1.82, 2.24) is 10.6 Å². The minimum Gasteiger partial charge on any atom is -0.493 e. The van der Waals surface area contributed by atoms with Crippen molar-refractivity contribution in [2.24, 2.45) is 0 Å². The average molecular weight is 476 g/mol. The standard InChI is InChI=1S/C27H29N3O3S/c1-3-19(2)28-26(32)22-10-7-11-23(18-22)29-27(34)30-25(31)21-12-14-24(15-13-21)33-17-16-20-8-5-4-6-9-20/h4-15,18-19H,3,16-17H2,1-2H3,(H,28,32)(H2,29,30,31,34). The van der Waals surface area contributed by atoms with Crippen LogP contribution in [-0.2, 0) is 6.42 Å². The van der Waals surface area contributed by atoms with Gasteiger partial charge in [-0.2, -0.15) is 0 Å². The number of ether oxygens (including phenoxy) is 1. The Morgan fingerprint density at radius 3 is 2.35 bits per heavy atom. The fourth-order valence-corrected chi connectivity index (χ4v) is 3.33. The first-order chi connectivity index (χ1) is 16.4. The lowest BCUT2D eigenvalue weighted by atomic mass is 10.1. The van der Waals surface area contributed by atoms with Gasteiger partial charge in [-0.05, 0) is 73.6 Å². The van der Waals surface area contributed by atoms with Crippen molar-refractivity contribution >= 4 is 34.8 Å². The summed E-state index contributed by atoms with van der Waals surface area (Å²) in [6.45, 7) is 4.52. The highest BCUT2D eigenvalue weighted by atomic mass is 32.1. The third-order valence-electron chi connectivity index (χ3n) is 5.22. The maximum absolute atomic E-state index is 12.5. The minimum atomic E-state index is -0.334. The molecule has 3 N–H and O–H groups in total. The van der Waals surface area contributed by atoms with Crippen molar-refractivity contribution in [1.29, 1.82) is 0 Å². The van der Waals surface area contributed by atoms with Crippen LogP contribution in [0.15, 0.2) is 78.9 Å². The number of nitrogens with one attached hydrogen (secondary N) is 3. The van der Waals surface area contributed by atoms with Crippen LogP contribution in [0.25, 0.3) is 0 Å². The summed E-state index contributed by atoms with van der Waals surface area (Å²) >= 11 is 5.27. The van der Waals surface area contributed by atoms with Gasteiger partial charge in [0, 0.05) is 29.3 Å². The Morgan fingerprint density at radius 1 is 0.912 bits per heavy atom. The lowest BCUT2D eigenvalue weighted by Gasteiger charge is -2.13. The number of hydrogen-bond donors (Lipinski definition) is 3. The Balaban J connectivity index is 1.49. The van der Waals surface area contributed by atoms with Crippen LogP contribution in [0.5, 0.6) is 5.75 Å². The van der Waals surface area contributed by atoms with Gasteiger partial charge in [-0.3, -0.25) is 14.9 Å². The van der Waals surface area contributed by atoms with E-state index >= 15 is 0 Å². The molecule has 6 nitrogen and oxygen atoms in total. The molecule has 0 bridgehead atoms. The number of benzene rings is 3. The molecule has 0 aliphatic carbocycles. The van der Waals surface area contributed by atoms with Crippen molar-refractivity contribution in [2.75, 3.05) is 11.9 Å². The first-order valence-corrected chi connectivity index (χ1v) is 11.7. The SMILES string of the molecule is CCC(C)NC(=O)c1cccc(NC(=S)NC(=O)c2ccc(OCCc3ccccc3)cc2)c1. The molecule has 0 aliphatic rings. The number of anilines is 1. The molecule has 0 heterocycles. The molecule has 2 amide bonds. The Hall–Kier alpha value is -3.71. The van der Waals surface area contributed by atoms with E-state index in [2.05, 4.69) is 28.1 Å². The molecule has 7 heteroatoms. The zero-order chi connectivity index (χ0) is 24.3. The molecule has 1 unspecified atom stereocenters. The first-order valence-electron chi connectivity index (χ1n) is 11.2. The molecule has 3 rings (SSSR count). The molecule has 0 aliphatic heterocycles. The zero-order valence-electron chi connectivity index (χ0n) is 19.3. The maximum atomic E-state index is 12.5. The number of carbonyl (C=O) groups excluding carboxylic acids is 2. The summed E-state index contributed by atoms with van der Waals surface area (Å²) in [5.74, 6) is 0.207. The van der Waals surface area contributed by atoms with Crippen LogP contribution in [0, 0.1) is 0 Å². The molecule has 34 heavy (non-hydrogen) atoms. The molecular weight excluding hydrogens is 446 g/mol. The average Bonchev–Trinajstić information content (AvgIpc) is 2.85. The highest BCUT2D eigenvalue weighted by Crippen LogP contribution is 2.14. The molecule has 176 valence electrons. The summed E-state index contributed by atoms with van der Waals surface area (Å²) in [6, 6.07) is 24.1. The fourth-order valence-electron chi connectivity index (χ4n) is 3.12. The molecule has 0 aromatic heterocycles. The molecule has 0 spiro atoms. The first kappa shape index (κ1) is 24.9. The van der Waals surface area contributed by atoms with Gasteiger partial charge in [0.05, 0.1) is 6.61 Å². The van der Waals surface area contributed by atoms with Crippen LogP contribution < -0.4 is 20.7 Å². The van der Waals surface area contributed by atoms with Gasteiger partial charge < -0.3 is 15.4 Å². The Morgan fingerprint density at radius 2 is 1.65 bits per heavy atom.